The molecule has 140 valence electrons. The summed E-state index contributed by atoms with van der Waals surface area (Å²) in [6, 6.07) is 11.0. The fourth-order valence-corrected chi connectivity index (χ4v) is 2.76. The van der Waals surface area contributed by atoms with E-state index in [2.05, 4.69) is 4.98 Å². The van der Waals surface area contributed by atoms with Crippen molar-refractivity contribution in [2.24, 2.45) is 0 Å². The highest BCUT2D eigenvalue weighted by atomic mass is 16.6. The smallest absolute Gasteiger partial charge is 0.311 e. The molecule has 8 nitrogen and oxygen atoms in total. The number of pyridine rings is 1. The maximum atomic E-state index is 12.4. The SMILES string of the molecule is COCCCOc1ccc(-c2[nH]c3ccccc3c(=O)c2O)cc1[N+](=O)[O-]. The first-order chi connectivity index (χ1) is 13.0. The van der Waals surface area contributed by atoms with Crippen molar-refractivity contribution in [1.82, 2.24) is 4.98 Å². The molecule has 2 N–H and O–H groups in total. The Morgan fingerprint density at radius 2 is 1.96 bits per heavy atom. The number of fused-ring (bicyclic) bond motifs is 1. The lowest BCUT2D eigenvalue weighted by Gasteiger charge is -2.10. The van der Waals surface area contributed by atoms with Crippen LogP contribution in [0.5, 0.6) is 11.5 Å². The van der Waals surface area contributed by atoms with Crippen molar-refractivity contribution >= 4 is 16.6 Å². The Labute approximate surface area is 154 Å². The fourth-order valence-electron chi connectivity index (χ4n) is 2.76. The third-order valence-corrected chi connectivity index (χ3v) is 4.08. The Morgan fingerprint density at radius 3 is 2.70 bits per heavy atom. The number of hydrogen-bond acceptors (Lipinski definition) is 6. The van der Waals surface area contributed by atoms with Gasteiger partial charge in [0.1, 0.15) is 0 Å². The molecular weight excluding hydrogens is 352 g/mol. The van der Waals surface area contributed by atoms with E-state index in [4.69, 9.17) is 9.47 Å². The van der Waals surface area contributed by atoms with E-state index in [1.165, 1.54) is 12.1 Å². The topological polar surface area (TPSA) is 115 Å². The molecule has 27 heavy (non-hydrogen) atoms. The number of nitro groups is 1. The molecule has 3 rings (SSSR count). The number of aromatic hydroxyl groups is 1. The zero-order chi connectivity index (χ0) is 19.4. The van der Waals surface area contributed by atoms with Crippen molar-refractivity contribution in [3.8, 4) is 22.8 Å². The van der Waals surface area contributed by atoms with Gasteiger partial charge < -0.3 is 19.6 Å². The molecule has 0 unspecified atom stereocenters. The quantitative estimate of drug-likeness (QED) is 0.375. The first kappa shape index (κ1) is 18.4. The highest BCUT2D eigenvalue weighted by molar-refractivity contribution is 5.85. The van der Waals surface area contributed by atoms with Crippen LogP contribution in [-0.2, 0) is 4.74 Å². The first-order valence-corrected chi connectivity index (χ1v) is 8.27. The molecule has 2 aromatic carbocycles. The Kier molecular flexibility index (Phi) is 5.37. The van der Waals surface area contributed by atoms with Crippen molar-refractivity contribution in [3.63, 3.8) is 0 Å². The maximum Gasteiger partial charge on any atom is 0.311 e. The lowest BCUT2D eigenvalue weighted by Crippen LogP contribution is -2.06. The van der Waals surface area contributed by atoms with Crippen LogP contribution in [0.25, 0.3) is 22.2 Å². The fraction of sp³-hybridized carbons (Fsp3) is 0.211. The molecule has 0 aliphatic carbocycles. The number of rotatable bonds is 7. The summed E-state index contributed by atoms with van der Waals surface area (Å²) in [7, 11) is 1.56. The summed E-state index contributed by atoms with van der Waals surface area (Å²) in [6.07, 6.45) is 0.591. The van der Waals surface area contributed by atoms with Gasteiger partial charge in [0.15, 0.2) is 11.5 Å². The Hall–Kier alpha value is -3.39. The van der Waals surface area contributed by atoms with Crippen LogP contribution in [0.2, 0.25) is 0 Å². The number of nitro benzene ring substituents is 1. The van der Waals surface area contributed by atoms with Crippen LogP contribution in [0.1, 0.15) is 6.42 Å². The van der Waals surface area contributed by atoms with Gasteiger partial charge in [-0.25, -0.2) is 0 Å². The van der Waals surface area contributed by atoms with Crippen molar-refractivity contribution in [1.29, 1.82) is 0 Å². The van der Waals surface area contributed by atoms with E-state index in [-0.39, 0.29) is 23.7 Å². The van der Waals surface area contributed by atoms with E-state index in [0.717, 1.165) is 0 Å². The number of H-pyrrole nitrogens is 1. The molecule has 0 fully saturated rings. The number of nitrogens with zero attached hydrogens (tertiary/aromatic N) is 1. The molecule has 8 heteroatoms. The van der Waals surface area contributed by atoms with Gasteiger partial charge in [0, 0.05) is 42.7 Å². The normalized spacial score (nSPS) is 10.9. The molecule has 0 saturated carbocycles. The number of ether oxygens (including phenoxy) is 2. The van der Waals surface area contributed by atoms with Crippen molar-refractivity contribution in [3.05, 3.63) is 62.8 Å². The molecule has 0 aliphatic heterocycles. The number of para-hydroxylation sites is 1. The predicted octanol–water partition coefficient (Wildman–Crippen LogP) is 3.22. The van der Waals surface area contributed by atoms with Gasteiger partial charge in [0.2, 0.25) is 5.43 Å². The van der Waals surface area contributed by atoms with Crippen LogP contribution in [-0.4, -0.2) is 35.3 Å². The standard InChI is InChI=1S/C19H18N2O6/c1-26-9-4-10-27-16-8-7-12(11-15(16)21(24)25)17-19(23)18(22)13-5-2-3-6-14(13)20-17/h2-3,5-8,11,23H,4,9-10H2,1H3,(H,20,22). The second kappa shape index (κ2) is 7.88. The summed E-state index contributed by atoms with van der Waals surface area (Å²) in [6.45, 7) is 0.754. The number of methoxy groups -OCH3 is 1. The molecule has 0 radical (unpaired) electrons. The van der Waals surface area contributed by atoms with Crippen LogP contribution in [0.4, 0.5) is 5.69 Å². The van der Waals surface area contributed by atoms with E-state index in [0.29, 0.717) is 29.5 Å². The van der Waals surface area contributed by atoms with Gasteiger partial charge in [-0.3, -0.25) is 14.9 Å². The van der Waals surface area contributed by atoms with Gasteiger partial charge in [0.25, 0.3) is 0 Å². The van der Waals surface area contributed by atoms with Gasteiger partial charge in [-0.2, -0.15) is 0 Å². The van der Waals surface area contributed by atoms with E-state index in [9.17, 15) is 20.0 Å². The van der Waals surface area contributed by atoms with Crippen molar-refractivity contribution in [2.75, 3.05) is 20.3 Å². The Bertz CT molecular complexity index is 1040. The summed E-state index contributed by atoms with van der Waals surface area (Å²) in [5.41, 5.74) is 0.164. The molecule has 0 atom stereocenters. The highest BCUT2D eigenvalue weighted by Gasteiger charge is 2.20. The number of aromatic amines is 1. The average Bonchev–Trinajstić information content (AvgIpc) is 2.68. The average molecular weight is 370 g/mol. The largest absolute Gasteiger partial charge is 0.503 e. The molecule has 3 aromatic rings. The highest BCUT2D eigenvalue weighted by Crippen LogP contribution is 2.34. The lowest BCUT2D eigenvalue weighted by molar-refractivity contribution is -0.385. The second-order valence-electron chi connectivity index (χ2n) is 5.86. The first-order valence-electron chi connectivity index (χ1n) is 8.27. The summed E-state index contributed by atoms with van der Waals surface area (Å²) < 4.78 is 10.4. The number of aromatic nitrogens is 1. The third kappa shape index (κ3) is 3.75. The number of benzene rings is 2. The zero-order valence-corrected chi connectivity index (χ0v) is 14.6. The summed E-state index contributed by atoms with van der Waals surface area (Å²) in [5.74, 6) is -0.376. The third-order valence-electron chi connectivity index (χ3n) is 4.08. The minimum Gasteiger partial charge on any atom is -0.503 e. The Balaban J connectivity index is 2.04. The van der Waals surface area contributed by atoms with E-state index in [1.807, 2.05) is 0 Å². The molecule has 0 spiro atoms. The van der Waals surface area contributed by atoms with E-state index < -0.39 is 16.1 Å². The van der Waals surface area contributed by atoms with E-state index >= 15 is 0 Å². The van der Waals surface area contributed by atoms with Crippen LogP contribution in [0.3, 0.4) is 0 Å². The summed E-state index contributed by atoms with van der Waals surface area (Å²) in [4.78, 5) is 26.2. The van der Waals surface area contributed by atoms with Gasteiger partial charge in [-0.1, -0.05) is 12.1 Å². The van der Waals surface area contributed by atoms with Crippen LogP contribution >= 0.6 is 0 Å². The molecule has 1 heterocycles. The van der Waals surface area contributed by atoms with Gasteiger partial charge in [0.05, 0.1) is 17.2 Å². The molecular formula is C19H18N2O6. The number of nitrogens with one attached hydrogen (secondary N) is 1. The maximum absolute atomic E-state index is 12.4. The zero-order valence-electron chi connectivity index (χ0n) is 14.6. The van der Waals surface area contributed by atoms with Crippen LogP contribution in [0, 0.1) is 10.1 Å². The van der Waals surface area contributed by atoms with Crippen LogP contribution in [0.15, 0.2) is 47.3 Å². The molecule has 0 saturated heterocycles. The van der Waals surface area contributed by atoms with E-state index in [1.54, 1.807) is 37.4 Å². The Morgan fingerprint density at radius 1 is 1.19 bits per heavy atom. The van der Waals surface area contributed by atoms with Gasteiger partial charge >= 0.3 is 5.69 Å². The monoisotopic (exact) mass is 370 g/mol. The second-order valence-corrected chi connectivity index (χ2v) is 5.86. The predicted molar refractivity (Wildman–Crippen MR) is 100 cm³/mol. The number of hydrogen-bond donors (Lipinski definition) is 2. The molecule has 0 aliphatic rings. The molecule has 0 amide bonds. The van der Waals surface area contributed by atoms with Crippen molar-refractivity contribution in [2.45, 2.75) is 6.42 Å². The van der Waals surface area contributed by atoms with Gasteiger partial charge in [-0.15, -0.1) is 0 Å². The minimum absolute atomic E-state index is 0.113. The summed E-state index contributed by atoms with van der Waals surface area (Å²) >= 11 is 0. The summed E-state index contributed by atoms with van der Waals surface area (Å²) in [5, 5.41) is 22.1. The molecule has 1 aromatic heterocycles. The van der Waals surface area contributed by atoms with Gasteiger partial charge in [-0.05, 0) is 24.3 Å². The molecule has 0 bridgehead atoms. The van der Waals surface area contributed by atoms with Crippen LogP contribution < -0.4 is 10.2 Å². The minimum atomic E-state index is -0.564. The lowest BCUT2D eigenvalue weighted by atomic mass is 10.1. The van der Waals surface area contributed by atoms with Crippen molar-refractivity contribution < 1.29 is 19.5 Å².